The largest absolute Gasteiger partial charge is 0.368 e. The second kappa shape index (κ2) is 5.30. The molecule has 0 heterocycles. The van der Waals surface area contributed by atoms with E-state index in [9.17, 15) is 9.59 Å². The Balaban J connectivity index is 2.58. The Hall–Kier alpha value is -1.10. The van der Waals surface area contributed by atoms with E-state index in [0.29, 0.717) is 12.5 Å². The molecule has 0 bridgehead atoms. The molecule has 0 aromatic carbocycles. The molecule has 5 heteroatoms. The molecule has 1 fully saturated rings. The highest BCUT2D eigenvalue weighted by Crippen LogP contribution is 2.38. The van der Waals surface area contributed by atoms with Gasteiger partial charge in [-0.25, -0.2) is 0 Å². The summed E-state index contributed by atoms with van der Waals surface area (Å²) < 4.78 is 0. The van der Waals surface area contributed by atoms with E-state index in [4.69, 9.17) is 11.5 Å². The van der Waals surface area contributed by atoms with Crippen LogP contribution in [0.5, 0.6) is 0 Å². The lowest BCUT2D eigenvalue weighted by atomic mass is 9.70. The third-order valence-corrected chi connectivity index (χ3v) is 3.53. The lowest BCUT2D eigenvalue weighted by Crippen LogP contribution is -2.49. The molecule has 0 spiro atoms. The van der Waals surface area contributed by atoms with Crippen LogP contribution in [0, 0.1) is 11.3 Å². The Kier molecular flexibility index (Phi) is 4.29. The number of nitrogens with two attached hydrogens (primary N) is 2. The topological polar surface area (TPSA) is 98.2 Å². The molecule has 5 nitrogen and oxygen atoms in total. The Labute approximate surface area is 95.9 Å². The molecule has 0 aromatic rings. The number of nitrogens with one attached hydrogen (secondary N) is 1. The van der Waals surface area contributed by atoms with Crippen LogP contribution in [0.15, 0.2) is 0 Å². The van der Waals surface area contributed by atoms with Gasteiger partial charge < -0.3 is 16.8 Å². The van der Waals surface area contributed by atoms with Crippen molar-refractivity contribution in [3.63, 3.8) is 0 Å². The fraction of sp³-hybridized carbons (Fsp3) is 0.818. The molecule has 0 unspecified atom stereocenters. The van der Waals surface area contributed by atoms with Gasteiger partial charge >= 0.3 is 0 Å². The van der Waals surface area contributed by atoms with Crippen LogP contribution in [0.4, 0.5) is 0 Å². The Morgan fingerprint density at radius 2 is 1.94 bits per heavy atom. The summed E-state index contributed by atoms with van der Waals surface area (Å²) in [6.07, 6.45) is 3.63. The predicted molar refractivity (Wildman–Crippen MR) is 61.3 cm³/mol. The van der Waals surface area contributed by atoms with Gasteiger partial charge in [0, 0.05) is 6.54 Å². The zero-order valence-electron chi connectivity index (χ0n) is 9.79. The van der Waals surface area contributed by atoms with E-state index < -0.39 is 11.3 Å². The van der Waals surface area contributed by atoms with Gasteiger partial charge in [0.1, 0.15) is 0 Å². The minimum atomic E-state index is -0.523. The minimum Gasteiger partial charge on any atom is -0.368 e. The maximum Gasteiger partial charge on any atom is 0.236 e. The number of carbonyl (C=O) groups is 2. The van der Waals surface area contributed by atoms with Crippen LogP contribution >= 0.6 is 0 Å². The molecular weight excluding hydrogens is 206 g/mol. The molecule has 0 radical (unpaired) electrons. The Morgan fingerprint density at radius 1 is 1.38 bits per heavy atom. The summed E-state index contributed by atoms with van der Waals surface area (Å²) in [5.41, 5.74) is 10.2. The molecule has 5 N–H and O–H groups in total. The first-order chi connectivity index (χ1) is 7.50. The molecule has 2 amide bonds. The van der Waals surface area contributed by atoms with Gasteiger partial charge in [-0.05, 0) is 31.6 Å². The van der Waals surface area contributed by atoms with E-state index in [-0.39, 0.29) is 12.5 Å². The van der Waals surface area contributed by atoms with Crippen molar-refractivity contribution < 1.29 is 9.59 Å². The highest BCUT2D eigenvalue weighted by atomic mass is 16.2. The molecule has 1 saturated carbocycles. The maximum absolute atomic E-state index is 12.0. The predicted octanol–water partition coefficient (Wildman–Crippen LogP) is -0.257. The van der Waals surface area contributed by atoms with Gasteiger partial charge in [-0.15, -0.1) is 0 Å². The van der Waals surface area contributed by atoms with Gasteiger partial charge in [0.05, 0.1) is 12.0 Å². The van der Waals surface area contributed by atoms with E-state index in [1.807, 2.05) is 0 Å². The zero-order valence-corrected chi connectivity index (χ0v) is 9.79. The average molecular weight is 227 g/mol. The van der Waals surface area contributed by atoms with Gasteiger partial charge in [0.2, 0.25) is 11.8 Å². The first-order valence-electron chi connectivity index (χ1n) is 5.77. The Morgan fingerprint density at radius 3 is 2.38 bits per heavy atom. The summed E-state index contributed by atoms with van der Waals surface area (Å²) in [6.45, 7) is 2.42. The number of carbonyl (C=O) groups excluding carboxylic acids is 2. The fourth-order valence-corrected chi connectivity index (χ4v) is 2.19. The normalized spacial score (nSPS) is 29.8. The molecule has 0 aliphatic heterocycles. The molecule has 16 heavy (non-hydrogen) atoms. The van der Waals surface area contributed by atoms with Crippen LogP contribution in [0.25, 0.3) is 0 Å². The van der Waals surface area contributed by atoms with Gasteiger partial charge in [0.25, 0.3) is 0 Å². The quantitative estimate of drug-likeness (QED) is 0.617. The average Bonchev–Trinajstić information content (AvgIpc) is 2.27. The number of rotatable bonds is 4. The van der Waals surface area contributed by atoms with Gasteiger partial charge in [-0.1, -0.05) is 6.92 Å². The number of primary amides is 1. The minimum absolute atomic E-state index is 0.101. The van der Waals surface area contributed by atoms with E-state index in [2.05, 4.69) is 12.2 Å². The molecule has 1 aliphatic rings. The number of hydrogen-bond donors (Lipinski definition) is 3. The van der Waals surface area contributed by atoms with Crippen molar-refractivity contribution in [1.82, 2.24) is 5.32 Å². The molecule has 0 aromatic heterocycles. The van der Waals surface area contributed by atoms with E-state index in [0.717, 1.165) is 25.7 Å². The van der Waals surface area contributed by atoms with Gasteiger partial charge in [-0.2, -0.15) is 0 Å². The smallest absolute Gasteiger partial charge is 0.236 e. The first-order valence-corrected chi connectivity index (χ1v) is 5.77. The van der Waals surface area contributed by atoms with Crippen LogP contribution < -0.4 is 16.8 Å². The third kappa shape index (κ3) is 2.95. The maximum atomic E-state index is 12.0. The second-order valence-electron chi connectivity index (χ2n) is 4.82. The fourth-order valence-electron chi connectivity index (χ4n) is 2.19. The second-order valence-corrected chi connectivity index (χ2v) is 4.82. The van der Waals surface area contributed by atoms with Crippen LogP contribution in [-0.2, 0) is 9.59 Å². The lowest BCUT2D eigenvalue weighted by Gasteiger charge is -2.36. The zero-order chi connectivity index (χ0) is 12.2. The summed E-state index contributed by atoms with van der Waals surface area (Å²) in [5.74, 6) is 0.00835. The van der Waals surface area contributed by atoms with Crippen molar-refractivity contribution in [2.45, 2.75) is 32.6 Å². The highest BCUT2D eigenvalue weighted by molar-refractivity contribution is 5.87. The van der Waals surface area contributed by atoms with Crippen LogP contribution in [0.1, 0.15) is 32.6 Å². The summed E-state index contributed by atoms with van der Waals surface area (Å²) in [5, 5.41) is 2.56. The SMILES string of the molecule is CC1CCC(CN)(C(=O)NCC(N)=O)CC1. The van der Waals surface area contributed by atoms with E-state index in [1.54, 1.807) is 0 Å². The number of amides is 2. The summed E-state index contributed by atoms with van der Waals surface area (Å²) in [6, 6.07) is 0. The van der Waals surface area contributed by atoms with E-state index in [1.165, 1.54) is 0 Å². The standard InChI is InChI=1S/C11H21N3O2/c1-8-2-4-11(7-12,5-3-8)10(16)14-6-9(13)15/h8H,2-7,12H2,1H3,(H2,13,15)(H,14,16). The van der Waals surface area contributed by atoms with Crippen molar-refractivity contribution in [2.24, 2.45) is 22.8 Å². The van der Waals surface area contributed by atoms with E-state index >= 15 is 0 Å². The molecule has 1 rings (SSSR count). The molecular formula is C11H21N3O2. The van der Waals surface area contributed by atoms with Crippen molar-refractivity contribution in [3.8, 4) is 0 Å². The van der Waals surface area contributed by atoms with Crippen LogP contribution in [0.3, 0.4) is 0 Å². The molecule has 92 valence electrons. The van der Waals surface area contributed by atoms with Crippen molar-refractivity contribution in [3.05, 3.63) is 0 Å². The molecule has 0 saturated heterocycles. The van der Waals surface area contributed by atoms with Crippen molar-refractivity contribution in [1.29, 1.82) is 0 Å². The molecule has 1 aliphatic carbocycles. The monoisotopic (exact) mass is 227 g/mol. The third-order valence-electron chi connectivity index (χ3n) is 3.53. The van der Waals surface area contributed by atoms with Gasteiger partial charge in [-0.3, -0.25) is 9.59 Å². The van der Waals surface area contributed by atoms with Crippen molar-refractivity contribution >= 4 is 11.8 Å². The first kappa shape index (κ1) is 13.0. The van der Waals surface area contributed by atoms with Gasteiger partial charge in [0.15, 0.2) is 0 Å². The lowest BCUT2D eigenvalue weighted by molar-refractivity contribution is -0.134. The Bertz CT molecular complexity index is 270. The van der Waals surface area contributed by atoms with Crippen molar-refractivity contribution in [2.75, 3.05) is 13.1 Å². The summed E-state index contributed by atoms with van der Waals surface area (Å²) in [4.78, 5) is 22.6. The summed E-state index contributed by atoms with van der Waals surface area (Å²) in [7, 11) is 0. The highest BCUT2D eigenvalue weighted by Gasteiger charge is 2.39. The van der Waals surface area contributed by atoms with Crippen LogP contribution in [0.2, 0.25) is 0 Å². The summed E-state index contributed by atoms with van der Waals surface area (Å²) >= 11 is 0. The molecule has 0 atom stereocenters. The number of hydrogen-bond acceptors (Lipinski definition) is 3. The van der Waals surface area contributed by atoms with Crippen LogP contribution in [-0.4, -0.2) is 24.9 Å².